The highest BCUT2D eigenvalue weighted by Gasteiger charge is 2.58. The molecule has 0 aromatic rings. The van der Waals surface area contributed by atoms with Gasteiger partial charge in [-0.2, -0.15) is 0 Å². The maximum absolute atomic E-state index is 12.7. The van der Waals surface area contributed by atoms with E-state index < -0.39 is 0 Å². The Hall–Kier alpha value is -0.570. The average Bonchev–Trinajstić information content (AvgIpc) is 2.84. The van der Waals surface area contributed by atoms with Gasteiger partial charge in [-0.1, -0.05) is 6.42 Å². The number of carbonyl (C=O) groups excluding carboxylic acids is 1. The van der Waals surface area contributed by atoms with E-state index >= 15 is 0 Å². The predicted molar refractivity (Wildman–Crippen MR) is 79.2 cm³/mol. The number of nitrogens with one attached hydrogen (secondary N) is 1. The average molecular weight is 276 g/mol. The third-order valence-electron chi connectivity index (χ3n) is 6.86. The van der Waals surface area contributed by atoms with Crippen molar-refractivity contribution < 1.29 is 4.79 Å². The van der Waals surface area contributed by atoms with Crippen molar-refractivity contribution in [3.05, 3.63) is 0 Å². The molecule has 2 bridgehead atoms. The molecule has 4 fully saturated rings. The monoisotopic (exact) mass is 276 g/mol. The summed E-state index contributed by atoms with van der Waals surface area (Å²) in [5.41, 5.74) is 0.394. The van der Waals surface area contributed by atoms with Gasteiger partial charge in [0.2, 0.25) is 5.91 Å². The fraction of sp³-hybridized carbons (Fsp3) is 0.941. The Kier molecular flexibility index (Phi) is 3.10. The van der Waals surface area contributed by atoms with Gasteiger partial charge in [-0.3, -0.25) is 4.79 Å². The van der Waals surface area contributed by atoms with Crippen molar-refractivity contribution in [1.82, 2.24) is 10.2 Å². The minimum absolute atomic E-state index is 0.355. The van der Waals surface area contributed by atoms with Crippen LogP contribution < -0.4 is 5.32 Å². The van der Waals surface area contributed by atoms with Crippen LogP contribution in [-0.4, -0.2) is 37.5 Å². The number of piperidine rings is 1. The van der Waals surface area contributed by atoms with E-state index in [0.717, 1.165) is 43.8 Å². The van der Waals surface area contributed by atoms with Crippen LogP contribution in [0.15, 0.2) is 0 Å². The van der Waals surface area contributed by atoms with Crippen molar-refractivity contribution in [3.63, 3.8) is 0 Å². The van der Waals surface area contributed by atoms with Gasteiger partial charge >= 0.3 is 0 Å². The molecular weight excluding hydrogens is 248 g/mol. The number of fused-ring (bicyclic) bond motifs is 2. The highest BCUT2D eigenvalue weighted by Crippen LogP contribution is 2.59. The summed E-state index contributed by atoms with van der Waals surface area (Å²) in [4.78, 5) is 14.8. The van der Waals surface area contributed by atoms with Crippen LogP contribution in [0.25, 0.3) is 0 Å². The zero-order chi connectivity index (χ0) is 13.7. The van der Waals surface area contributed by atoms with E-state index in [9.17, 15) is 4.79 Å². The molecular formula is C17H28N2O. The lowest BCUT2D eigenvalue weighted by Gasteiger charge is -2.29. The maximum atomic E-state index is 12.7. The standard InChI is InChI=1S/C17H28N2O/c1-19(11-14-9-12-2-3-13(14)8-12)16(20)15-10-17(15)4-6-18-7-5-17/h12-15,18H,2-11H2,1H3. The second-order valence-corrected chi connectivity index (χ2v) is 8.02. The quantitative estimate of drug-likeness (QED) is 0.857. The number of carbonyl (C=O) groups is 1. The number of amides is 1. The Bertz CT molecular complexity index is 402. The van der Waals surface area contributed by atoms with Gasteiger partial charge in [-0.25, -0.2) is 0 Å². The summed E-state index contributed by atoms with van der Waals surface area (Å²) in [6, 6.07) is 0. The van der Waals surface area contributed by atoms with Crippen LogP contribution in [0.5, 0.6) is 0 Å². The molecule has 3 heteroatoms. The maximum Gasteiger partial charge on any atom is 0.226 e. The van der Waals surface area contributed by atoms with Crippen molar-refractivity contribution in [2.75, 3.05) is 26.7 Å². The highest BCUT2D eigenvalue weighted by molar-refractivity contribution is 5.82. The normalized spacial score (nSPS) is 41.0. The first-order valence-electron chi connectivity index (χ1n) is 8.64. The Morgan fingerprint density at radius 3 is 2.70 bits per heavy atom. The van der Waals surface area contributed by atoms with Crippen LogP contribution in [0, 0.1) is 29.1 Å². The van der Waals surface area contributed by atoms with Crippen molar-refractivity contribution in [2.24, 2.45) is 29.1 Å². The molecule has 0 radical (unpaired) electrons. The van der Waals surface area contributed by atoms with Crippen LogP contribution in [0.2, 0.25) is 0 Å². The SMILES string of the molecule is CN(CC1CC2CCC1C2)C(=O)C1CC12CCNCC2. The highest BCUT2D eigenvalue weighted by atomic mass is 16.2. The fourth-order valence-corrected chi connectivity index (χ4v) is 5.48. The molecule has 0 aromatic heterocycles. The summed E-state index contributed by atoms with van der Waals surface area (Å²) in [5, 5.41) is 3.42. The largest absolute Gasteiger partial charge is 0.345 e. The number of rotatable bonds is 3. The zero-order valence-corrected chi connectivity index (χ0v) is 12.7. The van der Waals surface area contributed by atoms with Gasteiger partial charge in [0.1, 0.15) is 0 Å². The van der Waals surface area contributed by atoms with Gasteiger partial charge in [0.15, 0.2) is 0 Å². The Morgan fingerprint density at radius 2 is 2.05 bits per heavy atom. The van der Waals surface area contributed by atoms with Gasteiger partial charge in [0.05, 0.1) is 0 Å². The van der Waals surface area contributed by atoms with Crippen LogP contribution in [-0.2, 0) is 4.79 Å². The van der Waals surface area contributed by atoms with E-state index in [2.05, 4.69) is 17.3 Å². The van der Waals surface area contributed by atoms with E-state index in [4.69, 9.17) is 0 Å². The lowest BCUT2D eigenvalue weighted by atomic mass is 9.88. The molecule has 112 valence electrons. The Morgan fingerprint density at radius 1 is 1.25 bits per heavy atom. The van der Waals surface area contributed by atoms with Gasteiger partial charge < -0.3 is 10.2 Å². The number of hydrogen-bond acceptors (Lipinski definition) is 2. The molecule has 4 unspecified atom stereocenters. The second kappa shape index (κ2) is 4.72. The first kappa shape index (κ1) is 13.1. The third-order valence-corrected chi connectivity index (χ3v) is 6.86. The van der Waals surface area contributed by atoms with Crippen molar-refractivity contribution in [2.45, 2.75) is 44.9 Å². The molecule has 1 saturated heterocycles. The van der Waals surface area contributed by atoms with Crippen LogP contribution >= 0.6 is 0 Å². The molecule has 3 saturated carbocycles. The molecule has 20 heavy (non-hydrogen) atoms. The molecule has 4 atom stereocenters. The summed E-state index contributed by atoms with van der Waals surface area (Å²) < 4.78 is 0. The molecule has 1 N–H and O–H groups in total. The summed E-state index contributed by atoms with van der Waals surface area (Å²) in [6.07, 6.45) is 9.31. The predicted octanol–water partition coefficient (Wildman–Crippen LogP) is 2.27. The van der Waals surface area contributed by atoms with Crippen LogP contribution in [0.4, 0.5) is 0 Å². The Balaban J connectivity index is 1.33. The smallest absolute Gasteiger partial charge is 0.226 e. The second-order valence-electron chi connectivity index (χ2n) is 8.02. The topological polar surface area (TPSA) is 32.3 Å². The summed E-state index contributed by atoms with van der Waals surface area (Å²) in [6.45, 7) is 3.25. The molecule has 1 spiro atoms. The van der Waals surface area contributed by atoms with Gasteiger partial charge in [0, 0.05) is 19.5 Å². The van der Waals surface area contributed by atoms with E-state index in [1.165, 1.54) is 38.5 Å². The van der Waals surface area contributed by atoms with E-state index in [1.807, 2.05) is 0 Å². The van der Waals surface area contributed by atoms with Gasteiger partial charge in [-0.05, 0) is 74.8 Å². The Labute approximate surface area is 122 Å². The molecule has 1 amide bonds. The summed E-state index contributed by atoms with van der Waals surface area (Å²) in [5.74, 6) is 3.54. The van der Waals surface area contributed by atoms with Crippen molar-refractivity contribution in [1.29, 1.82) is 0 Å². The molecule has 0 aromatic carbocycles. The number of nitrogens with zero attached hydrogens (tertiary/aromatic N) is 1. The number of hydrogen-bond donors (Lipinski definition) is 1. The molecule has 1 heterocycles. The molecule has 4 rings (SSSR count). The summed E-state index contributed by atoms with van der Waals surface area (Å²) in [7, 11) is 2.06. The third kappa shape index (κ3) is 2.09. The fourth-order valence-electron chi connectivity index (χ4n) is 5.48. The van der Waals surface area contributed by atoms with Gasteiger partial charge in [0.25, 0.3) is 0 Å². The molecule has 1 aliphatic heterocycles. The van der Waals surface area contributed by atoms with Crippen LogP contribution in [0.1, 0.15) is 44.9 Å². The van der Waals surface area contributed by atoms with Crippen molar-refractivity contribution in [3.8, 4) is 0 Å². The van der Waals surface area contributed by atoms with Crippen molar-refractivity contribution >= 4 is 5.91 Å². The molecule has 4 aliphatic rings. The van der Waals surface area contributed by atoms with Gasteiger partial charge in [-0.15, -0.1) is 0 Å². The minimum atomic E-state index is 0.355. The lowest BCUT2D eigenvalue weighted by Crippen LogP contribution is -2.37. The molecule has 3 nitrogen and oxygen atoms in total. The van der Waals surface area contributed by atoms with Crippen LogP contribution in [0.3, 0.4) is 0 Å². The first-order chi connectivity index (χ1) is 9.68. The lowest BCUT2D eigenvalue weighted by molar-refractivity contribution is -0.133. The van der Waals surface area contributed by atoms with E-state index in [0.29, 0.717) is 17.2 Å². The van der Waals surface area contributed by atoms with E-state index in [-0.39, 0.29) is 0 Å². The molecule has 3 aliphatic carbocycles. The van der Waals surface area contributed by atoms with E-state index in [1.54, 1.807) is 0 Å². The first-order valence-corrected chi connectivity index (χ1v) is 8.64. The zero-order valence-electron chi connectivity index (χ0n) is 12.7. The minimum Gasteiger partial charge on any atom is -0.345 e. The summed E-state index contributed by atoms with van der Waals surface area (Å²) >= 11 is 0.